The van der Waals surface area contributed by atoms with Crippen LogP contribution >= 0.6 is 0 Å². The minimum absolute atomic E-state index is 0.283. The number of nitrogens with zero attached hydrogens (tertiary/aromatic N) is 1. The second-order valence-corrected chi connectivity index (χ2v) is 4.52. The molecule has 0 aliphatic rings. The van der Waals surface area contributed by atoms with Gasteiger partial charge in [-0.3, -0.25) is 0 Å². The fourth-order valence-corrected chi connectivity index (χ4v) is 2.11. The number of hydrogen-bond acceptors (Lipinski definition) is 1. The molecule has 0 radical (unpaired) electrons. The highest BCUT2D eigenvalue weighted by atomic mass is 14.2. The summed E-state index contributed by atoms with van der Waals surface area (Å²) < 4.78 is 0. The van der Waals surface area contributed by atoms with Gasteiger partial charge in [-0.15, -0.1) is 0 Å². The average Bonchev–Trinajstić information content (AvgIpc) is 2.48. The van der Waals surface area contributed by atoms with E-state index >= 15 is 0 Å². The maximum Gasteiger partial charge on any atom is 0.0628 e. The topological polar surface area (TPSA) is 23.8 Å². The van der Waals surface area contributed by atoms with Crippen LogP contribution in [0.15, 0.2) is 66.7 Å². The molecule has 1 unspecified atom stereocenters. The van der Waals surface area contributed by atoms with E-state index in [1.165, 1.54) is 11.1 Å². The molecule has 0 saturated heterocycles. The first kappa shape index (κ1) is 13.1. The molecule has 2 aromatic rings. The molecule has 0 saturated carbocycles. The van der Waals surface area contributed by atoms with E-state index in [0.717, 1.165) is 6.42 Å². The smallest absolute Gasteiger partial charge is 0.0628 e. The minimum atomic E-state index is 0.283. The number of benzene rings is 2. The van der Waals surface area contributed by atoms with Crippen molar-refractivity contribution in [2.24, 2.45) is 0 Å². The van der Waals surface area contributed by atoms with E-state index in [9.17, 15) is 0 Å². The van der Waals surface area contributed by atoms with Gasteiger partial charge in [0.1, 0.15) is 0 Å². The zero-order valence-corrected chi connectivity index (χ0v) is 10.9. The summed E-state index contributed by atoms with van der Waals surface area (Å²) in [6.45, 7) is 0. The van der Waals surface area contributed by atoms with Gasteiger partial charge in [0, 0.05) is 12.3 Å². The molecular formula is C18H17N. The molecule has 19 heavy (non-hydrogen) atoms. The van der Waals surface area contributed by atoms with Gasteiger partial charge in [-0.25, -0.2) is 0 Å². The molecular weight excluding hydrogens is 230 g/mol. The average molecular weight is 247 g/mol. The van der Waals surface area contributed by atoms with Crippen LogP contribution in [0, 0.1) is 11.3 Å². The maximum atomic E-state index is 8.94. The Hall–Kier alpha value is -2.33. The summed E-state index contributed by atoms with van der Waals surface area (Å²) in [6.07, 6.45) is 5.73. The standard InChI is InChI=1S/C18H17N/c19-15-14-18(17-11-5-2-6-12-17)13-7-10-16-8-3-1-4-9-16/h1-12,18H,13-14H2/b10-7+. The lowest BCUT2D eigenvalue weighted by atomic mass is 9.93. The second-order valence-electron chi connectivity index (χ2n) is 4.52. The minimum Gasteiger partial charge on any atom is -0.198 e. The Morgan fingerprint density at radius 1 is 0.947 bits per heavy atom. The molecule has 0 aromatic heterocycles. The van der Waals surface area contributed by atoms with Crippen molar-refractivity contribution in [1.29, 1.82) is 5.26 Å². The third kappa shape index (κ3) is 4.12. The van der Waals surface area contributed by atoms with E-state index in [4.69, 9.17) is 5.26 Å². The molecule has 0 fully saturated rings. The van der Waals surface area contributed by atoms with Crippen LogP contribution in [-0.4, -0.2) is 0 Å². The number of hydrogen-bond donors (Lipinski definition) is 0. The number of nitriles is 1. The third-order valence-corrected chi connectivity index (χ3v) is 3.14. The first-order chi connectivity index (χ1) is 9.40. The summed E-state index contributed by atoms with van der Waals surface area (Å²) in [5.41, 5.74) is 2.44. The van der Waals surface area contributed by atoms with Crippen molar-refractivity contribution in [3.63, 3.8) is 0 Å². The van der Waals surface area contributed by atoms with Crippen LogP contribution in [0.5, 0.6) is 0 Å². The largest absolute Gasteiger partial charge is 0.198 e. The van der Waals surface area contributed by atoms with Crippen molar-refractivity contribution < 1.29 is 0 Å². The van der Waals surface area contributed by atoms with Gasteiger partial charge in [0.15, 0.2) is 0 Å². The summed E-state index contributed by atoms with van der Waals surface area (Å²) in [5, 5.41) is 8.94. The Labute approximate surface area is 114 Å². The normalized spacial score (nSPS) is 12.2. The molecule has 0 bridgehead atoms. The van der Waals surface area contributed by atoms with E-state index < -0.39 is 0 Å². The summed E-state index contributed by atoms with van der Waals surface area (Å²) in [7, 11) is 0. The highest BCUT2D eigenvalue weighted by molar-refractivity contribution is 5.48. The molecule has 0 spiro atoms. The van der Waals surface area contributed by atoms with Gasteiger partial charge < -0.3 is 0 Å². The van der Waals surface area contributed by atoms with Crippen LogP contribution in [0.4, 0.5) is 0 Å². The van der Waals surface area contributed by atoms with Crippen LogP contribution in [-0.2, 0) is 0 Å². The van der Waals surface area contributed by atoms with Gasteiger partial charge in [0.05, 0.1) is 6.07 Å². The molecule has 1 heteroatoms. The zero-order chi connectivity index (χ0) is 13.3. The Morgan fingerprint density at radius 3 is 2.21 bits per heavy atom. The first-order valence-electron chi connectivity index (χ1n) is 6.53. The Balaban J connectivity index is 2.02. The van der Waals surface area contributed by atoms with Crippen LogP contribution in [0.1, 0.15) is 29.9 Å². The van der Waals surface area contributed by atoms with Gasteiger partial charge >= 0.3 is 0 Å². The lowest BCUT2D eigenvalue weighted by Crippen LogP contribution is -1.95. The summed E-state index contributed by atoms with van der Waals surface area (Å²) in [5.74, 6) is 0.283. The van der Waals surface area contributed by atoms with Crippen molar-refractivity contribution in [2.75, 3.05) is 0 Å². The van der Waals surface area contributed by atoms with Crippen molar-refractivity contribution >= 4 is 6.08 Å². The lowest BCUT2D eigenvalue weighted by molar-refractivity contribution is 0.720. The highest BCUT2D eigenvalue weighted by Gasteiger charge is 2.08. The fourth-order valence-electron chi connectivity index (χ4n) is 2.11. The molecule has 0 amide bonds. The Morgan fingerprint density at radius 2 is 1.58 bits per heavy atom. The van der Waals surface area contributed by atoms with Crippen LogP contribution in [0.3, 0.4) is 0 Å². The lowest BCUT2D eigenvalue weighted by Gasteiger charge is -2.11. The fraction of sp³-hybridized carbons (Fsp3) is 0.167. The molecule has 0 heterocycles. The summed E-state index contributed by atoms with van der Waals surface area (Å²) >= 11 is 0. The van der Waals surface area contributed by atoms with Crippen molar-refractivity contribution in [3.05, 3.63) is 77.9 Å². The molecule has 94 valence electrons. The molecule has 2 rings (SSSR count). The monoisotopic (exact) mass is 247 g/mol. The van der Waals surface area contributed by atoms with Crippen molar-refractivity contribution in [2.45, 2.75) is 18.8 Å². The molecule has 1 nitrogen and oxygen atoms in total. The maximum absolute atomic E-state index is 8.94. The predicted molar refractivity (Wildman–Crippen MR) is 79.5 cm³/mol. The molecule has 0 aliphatic carbocycles. The van der Waals surface area contributed by atoms with Crippen molar-refractivity contribution in [1.82, 2.24) is 0 Å². The zero-order valence-electron chi connectivity index (χ0n) is 10.9. The van der Waals surface area contributed by atoms with E-state index in [-0.39, 0.29) is 5.92 Å². The predicted octanol–water partition coefficient (Wildman–Crippen LogP) is 4.79. The van der Waals surface area contributed by atoms with Crippen LogP contribution < -0.4 is 0 Å². The summed E-state index contributed by atoms with van der Waals surface area (Å²) in [6, 6.07) is 22.8. The quantitative estimate of drug-likeness (QED) is 0.745. The van der Waals surface area contributed by atoms with E-state index in [0.29, 0.717) is 6.42 Å². The van der Waals surface area contributed by atoms with E-state index in [1.807, 2.05) is 36.4 Å². The third-order valence-electron chi connectivity index (χ3n) is 3.14. The van der Waals surface area contributed by atoms with Gasteiger partial charge in [-0.05, 0) is 17.5 Å². The van der Waals surface area contributed by atoms with Gasteiger partial charge in [-0.1, -0.05) is 72.8 Å². The Kier molecular flexibility index (Phi) is 4.96. The Bertz CT molecular complexity index is 549. The summed E-state index contributed by atoms with van der Waals surface area (Å²) in [4.78, 5) is 0. The van der Waals surface area contributed by atoms with Crippen molar-refractivity contribution in [3.8, 4) is 6.07 Å². The van der Waals surface area contributed by atoms with E-state index in [2.05, 4.69) is 42.5 Å². The molecule has 2 aromatic carbocycles. The second kappa shape index (κ2) is 7.18. The van der Waals surface area contributed by atoms with Crippen LogP contribution in [0.2, 0.25) is 0 Å². The molecule has 0 aliphatic heterocycles. The van der Waals surface area contributed by atoms with Gasteiger partial charge in [0.2, 0.25) is 0 Å². The highest BCUT2D eigenvalue weighted by Crippen LogP contribution is 2.23. The molecule has 0 N–H and O–H groups in total. The molecule has 1 atom stereocenters. The number of rotatable bonds is 5. The van der Waals surface area contributed by atoms with Gasteiger partial charge in [0.25, 0.3) is 0 Å². The van der Waals surface area contributed by atoms with E-state index in [1.54, 1.807) is 0 Å². The van der Waals surface area contributed by atoms with Crippen LogP contribution in [0.25, 0.3) is 6.08 Å². The SMILES string of the molecule is N#CCC(C/C=C/c1ccccc1)c1ccccc1. The first-order valence-corrected chi connectivity index (χ1v) is 6.53. The number of allylic oxidation sites excluding steroid dienone is 1. The van der Waals surface area contributed by atoms with Gasteiger partial charge in [-0.2, -0.15) is 5.26 Å².